The molecule has 3 nitrogen and oxygen atoms in total. The Kier molecular flexibility index (Phi) is 3.75. The van der Waals surface area contributed by atoms with Gasteiger partial charge in [0, 0.05) is 12.0 Å². The number of nitrogens with zero attached hydrogens (tertiary/aromatic N) is 1. The van der Waals surface area contributed by atoms with Crippen molar-refractivity contribution < 1.29 is 4.79 Å². The predicted molar refractivity (Wildman–Crippen MR) is 49.8 cm³/mol. The van der Waals surface area contributed by atoms with Crippen molar-refractivity contribution in [2.24, 2.45) is 5.92 Å². The summed E-state index contributed by atoms with van der Waals surface area (Å²) in [7, 11) is 0. The summed E-state index contributed by atoms with van der Waals surface area (Å²) in [5.41, 5.74) is 0. The molecule has 0 radical (unpaired) electrons. The lowest BCUT2D eigenvalue weighted by molar-refractivity contribution is -0.125. The smallest absolute Gasteiger partial charge is 0.223 e. The molecule has 0 aromatic rings. The zero-order valence-corrected chi connectivity index (χ0v) is 8.05. The average molecular weight is 180 g/mol. The van der Waals surface area contributed by atoms with Gasteiger partial charge in [-0.05, 0) is 19.8 Å². The largest absolute Gasteiger partial charge is 0.352 e. The first-order valence-corrected chi connectivity index (χ1v) is 4.91. The fourth-order valence-corrected chi connectivity index (χ4v) is 1.74. The third-order valence-electron chi connectivity index (χ3n) is 2.51. The van der Waals surface area contributed by atoms with Gasteiger partial charge in [0.05, 0.1) is 12.5 Å². The number of hydrogen-bond donors (Lipinski definition) is 1. The number of carbonyl (C=O) groups excluding carboxylic acids is 1. The first-order valence-electron chi connectivity index (χ1n) is 4.91. The molecule has 0 bridgehead atoms. The van der Waals surface area contributed by atoms with Gasteiger partial charge in [0.15, 0.2) is 0 Å². The summed E-state index contributed by atoms with van der Waals surface area (Å²) in [6.07, 6.45) is 4.78. The van der Waals surface area contributed by atoms with Gasteiger partial charge < -0.3 is 5.32 Å². The highest BCUT2D eigenvalue weighted by molar-refractivity contribution is 5.79. The SMILES string of the molecule is CC(CC#N)NC(=O)C1CCCC1. The zero-order chi connectivity index (χ0) is 9.68. The molecule has 0 aromatic carbocycles. The van der Waals surface area contributed by atoms with Gasteiger partial charge in [0.25, 0.3) is 0 Å². The van der Waals surface area contributed by atoms with Gasteiger partial charge in [0.1, 0.15) is 0 Å². The van der Waals surface area contributed by atoms with Crippen molar-refractivity contribution in [2.45, 2.75) is 45.1 Å². The molecule has 1 N–H and O–H groups in total. The van der Waals surface area contributed by atoms with E-state index < -0.39 is 0 Å². The Morgan fingerprint density at radius 1 is 1.62 bits per heavy atom. The molecule has 1 aliphatic carbocycles. The van der Waals surface area contributed by atoms with E-state index in [0.29, 0.717) is 6.42 Å². The van der Waals surface area contributed by atoms with Gasteiger partial charge in [-0.25, -0.2) is 0 Å². The molecule has 1 rings (SSSR count). The van der Waals surface area contributed by atoms with Crippen LogP contribution in [-0.4, -0.2) is 11.9 Å². The normalized spacial score (nSPS) is 19.4. The van der Waals surface area contributed by atoms with Crippen molar-refractivity contribution in [1.82, 2.24) is 5.32 Å². The summed E-state index contributed by atoms with van der Waals surface area (Å²) in [4.78, 5) is 11.5. The van der Waals surface area contributed by atoms with E-state index in [2.05, 4.69) is 5.32 Å². The fourth-order valence-electron chi connectivity index (χ4n) is 1.74. The second kappa shape index (κ2) is 4.86. The number of hydrogen-bond acceptors (Lipinski definition) is 2. The minimum Gasteiger partial charge on any atom is -0.352 e. The Morgan fingerprint density at radius 3 is 2.77 bits per heavy atom. The lowest BCUT2D eigenvalue weighted by Crippen LogP contribution is -2.36. The molecule has 1 atom stereocenters. The van der Waals surface area contributed by atoms with Gasteiger partial charge in [-0.3, -0.25) is 4.79 Å². The van der Waals surface area contributed by atoms with Crippen molar-refractivity contribution in [2.75, 3.05) is 0 Å². The van der Waals surface area contributed by atoms with Crippen LogP contribution >= 0.6 is 0 Å². The van der Waals surface area contributed by atoms with E-state index in [1.807, 2.05) is 13.0 Å². The van der Waals surface area contributed by atoms with Crippen molar-refractivity contribution in [3.63, 3.8) is 0 Å². The summed E-state index contributed by atoms with van der Waals surface area (Å²) in [6.45, 7) is 1.87. The Morgan fingerprint density at radius 2 is 2.23 bits per heavy atom. The van der Waals surface area contributed by atoms with E-state index in [4.69, 9.17) is 5.26 Å². The summed E-state index contributed by atoms with van der Waals surface area (Å²) in [6, 6.07) is 2.05. The van der Waals surface area contributed by atoms with Gasteiger partial charge in [0.2, 0.25) is 5.91 Å². The average Bonchev–Trinajstić information content (AvgIpc) is 2.55. The molecule has 1 saturated carbocycles. The van der Waals surface area contributed by atoms with Crippen molar-refractivity contribution in [3.8, 4) is 6.07 Å². The van der Waals surface area contributed by atoms with E-state index in [9.17, 15) is 4.79 Å². The number of rotatable bonds is 3. The predicted octanol–water partition coefficient (Wildman–Crippen LogP) is 1.59. The molecule has 0 heterocycles. The Bertz CT molecular complexity index is 213. The summed E-state index contributed by atoms with van der Waals surface area (Å²) in [5.74, 6) is 0.349. The minimum atomic E-state index is -0.00176. The third-order valence-corrected chi connectivity index (χ3v) is 2.51. The first-order chi connectivity index (χ1) is 6.24. The molecule has 0 aromatic heterocycles. The molecular formula is C10H16N2O. The van der Waals surface area contributed by atoms with E-state index >= 15 is 0 Å². The highest BCUT2D eigenvalue weighted by Crippen LogP contribution is 2.24. The molecule has 1 unspecified atom stereocenters. The van der Waals surface area contributed by atoms with Crippen LogP contribution in [0.1, 0.15) is 39.0 Å². The molecular weight excluding hydrogens is 164 g/mol. The lowest BCUT2D eigenvalue weighted by atomic mass is 10.1. The topological polar surface area (TPSA) is 52.9 Å². The van der Waals surface area contributed by atoms with Crippen LogP contribution < -0.4 is 5.32 Å². The summed E-state index contributed by atoms with van der Waals surface area (Å²) in [5, 5.41) is 11.3. The van der Waals surface area contributed by atoms with Gasteiger partial charge >= 0.3 is 0 Å². The maximum Gasteiger partial charge on any atom is 0.223 e. The highest BCUT2D eigenvalue weighted by atomic mass is 16.1. The summed E-state index contributed by atoms with van der Waals surface area (Å²) >= 11 is 0. The summed E-state index contributed by atoms with van der Waals surface area (Å²) < 4.78 is 0. The zero-order valence-electron chi connectivity index (χ0n) is 8.05. The molecule has 1 amide bonds. The Labute approximate surface area is 79.1 Å². The maximum absolute atomic E-state index is 11.5. The second-order valence-electron chi connectivity index (χ2n) is 3.75. The second-order valence-corrected chi connectivity index (χ2v) is 3.75. The highest BCUT2D eigenvalue weighted by Gasteiger charge is 2.23. The van der Waals surface area contributed by atoms with E-state index in [1.165, 1.54) is 12.8 Å². The Hall–Kier alpha value is -1.04. The standard InChI is InChI=1S/C10H16N2O/c1-8(6-7-11)12-10(13)9-4-2-3-5-9/h8-9H,2-6H2,1H3,(H,12,13). The molecule has 72 valence electrons. The van der Waals surface area contributed by atoms with Crippen LogP contribution in [0.5, 0.6) is 0 Å². The number of nitrogens with one attached hydrogen (secondary N) is 1. The van der Waals surface area contributed by atoms with E-state index in [-0.39, 0.29) is 17.9 Å². The molecule has 0 spiro atoms. The minimum absolute atomic E-state index is 0.00176. The van der Waals surface area contributed by atoms with E-state index in [0.717, 1.165) is 12.8 Å². The number of nitriles is 1. The maximum atomic E-state index is 11.5. The molecule has 1 aliphatic rings. The monoisotopic (exact) mass is 180 g/mol. The van der Waals surface area contributed by atoms with Crippen LogP contribution in [0.4, 0.5) is 0 Å². The van der Waals surface area contributed by atoms with Crippen molar-refractivity contribution >= 4 is 5.91 Å². The van der Waals surface area contributed by atoms with Crippen LogP contribution in [0.2, 0.25) is 0 Å². The molecule has 3 heteroatoms. The van der Waals surface area contributed by atoms with Crippen LogP contribution in [-0.2, 0) is 4.79 Å². The van der Waals surface area contributed by atoms with Crippen LogP contribution in [0.3, 0.4) is 0 Å². The molecule has 13 heavy (non-hydrogen) atoms. The molecule has 1 fully saturated rings. The van der Waals surface area contributed by atoms with Crippen LogP contribution in [0.15, 0.2) is 0 Å². The van der Waals surface area contributed by atoms with Gasteiger partial charge in [-0.1, -0.05) is 12.8 Å². The molecule has 0 saturated heterocycles. The third kappa shape index (κ3) is 3.06. The number of carbonyl (C=O) groups is 1. The number of amides is 1. The molecule has 0 aliphatic heterocycles. The van der Waals surface area contributed by atoms with Crippen LogP contribution in [0, 0.1) is 17.2 Å². The van der Waals surface area contributed by atoms with Gasteiger partial charge in [-0.2, -0.15) is 5.26 Å². The first kappa shape index (κ1) is 10.0. The quantitative estimate of drug-likeness (QED) is 0.717. The van der Waals surface area contributed by atoms with Crippen molar-refractivity contribution in [1.29, 1.82) is 5.26 Å². The van der Waals surface area contributed by atoms with E-state index in [1.54, 1.807) is 0 Å². The lowest BCUT2D eigenvalue weighted by Gasteiger charge is -2.14. The fraction of sp³-hybridized carbons (Fsp3) is 0.800. The Balaban J connectivity index is 2.28. The van der Waals surface area contributed by atoms with Crippen molar-refractivity contribution in [3.05, 3.63) is 0 Å². The van der Waals surface area contributed by atoms with Crippen LogP contribution in [0.25, 0.3) is 0 Å². The van der Waals surface area contributed by atoms with Gasteiger partial charge in [-0.15, -0.1) is 0 Å².